The molecule has 0 bridgehead atoms. The van der Waals surface area contributed by atoms with Crippen LogP contribution in [0.2, 0.25) is 0 Å². The van der Waals surface area contributed by atoms with Gasteiger partial charge in [-0.1, -0.05) is 194 Å². The lowest BCUT2D eigenvalue weighted by Crippen LogP contribution is -2.09. The molecule has 12 aromatic rings. The molecule has 0 heterocycles. The third kappa shape index (κ3) is 7.93. The van der Waals surface area contributed by atoms with E-state index in [4.69, 9.17) is 0 Å². The van der Waals surface area contributed by atoms with Crippen molar-refractivity contribution in [3.05, 3.63) is 279 Å². The minimum absolute atomic E-state index is 1.14. The van der Waals surface area contributed by atoms with Gasteiger partial charge in [-0.2, -0.15) is 0 Å². The van der Waals surface area contributed by atoms with Crippen molar-refractivity contribution in [2.75, 3.05) is 9.80 Å². The summed E-state index contributed by atoms with van der Waals surface area (Å²) in [6.45, 7) is 0. The lowest BCUT2D eigenvalue weighted by atomic mass is 9.93. The van der Waals surface area contributed by atoms with Crippen LogP contribution in [-0.2, 0) is 0 Å². The first-order valence-electron chi connectivity index (χ1n) is 22.6. The summed E-state index contributed by atoms with van der Waals surface area (Å²) in [5, 5.41) is 10.3. The number of fused-ring (bicyclic) bond motifs is 6. The smallest absolute Gasteiger partial charge is 0.0462 e. The highest BCUT2D eigenvalue weighted by molar-refractivity contribution is 6.15. The Morgan fingerprint density at radius 1 is 0.182 bits per heavy atom. The Bertz CT molecular complexity index is 3230. The van der Waals surface area contributed by atoms with Crippen molar-refractivity contribution in [3.63, 3.8) is 0 Å². The molecule has 0 saturated carbocycles. The van der Waals surface area contributed by atoms with E-state index < -0.39 is 0 Å². The highest BCUT2D eigenvalue weighted by atomic mass is 15.1. The summed E-state index contributed by atoms with van der Waals surface area (Å²) < 4.78 is 0. The average molecular weight is 843 g/mol. The first-order valence-corrected chi connectivity index (χ1v) is 22.6. The van der Waals surface area contributed by atoms with Gasteiger partial charge in [-0.25, -0.2) is 0 Å². The summed E-state index contributed by atoms with van der Waals surface area (Å²) in [6, 6.07) is 99.3. The average Bonchev–Trinajstić information content (AvgIpc) is 3.40. The largest absolute Gasteiger partial charge is 0.311 e. The molecule has 0 atom stereocenters. The third-order valence-corrected chi connectivity index (χ3v) is 12.5. The third-order valence-electron chi connectivity index (χ3n) is 12.5. The van der Waals surface area contributed by atoms with Crippen LogP contribution in [0.4, 0.5) is 34.1 Å². The molecule has 12 aromatic carbocycles. The molecule has 0 unspecified atom stereocenters. The number of hydrogen-bond acceptors (Lipinski definition) is 2. The van der Waals surface area contributed by atoms with E-state index in [0.717, 1.165) is 34.1 Å². The van der Waals surface area contributed by atoms with Crippen molar-refractivity contribution >= 4 is 77.2 Å². The molecule has 12 rings (SSSR count). The van der Waals surface area contributed by atoms with Gasteiger partial charge in [0.25, 0.3) is 0 Å². The molecule has 312 valence electrons. The topological polar surface area (TPSA) is 6.48 Å². The fourth-order valence-corrected chi connectivity index (χ4v) is 9.37. The van der Waals surface area contributed by atoms with Gasteiger partial charge in [0.05, 0.1) is 0 Å². The van der Waals surface area contributed by atoms with Gasteiger partial charge in [0, 0.05) is 34.1 Å². The van der Waals surface area contributed by atoms with Gasteiger partial charge in [0.2, 0.25) is 0 Å². The van der Waals surface area contributed by atoms with Crippen LogP contribution in [0.1, 0.15) is 0 Å². The van der Waals surface area contributed by atoms with Crippen LogP contribution in [0.3, 0.4) is 0 Å². The SMILES string of the molecule is c1ccc(N(c2ccccc2)c2ccc(-c3cc4ccccc4c4ccccc34)cc2)cc1.c1ccc(N(c2ccccc2)c2ccc(-c3cc4ccccc4c4ccccc34)cc2)cc1. The number of benzene rings is 12. The second-order valence-electron chi connectivity index (χ2n) is 16.5. The monoisotopic (exact) mass is 842 g/mol. The van der Waals surface area contributed by atoms with Gasteiger partial charge in [0.15, 0.2) is 0 Å². The Morgan fingerprint density at radius 2 is 0.424 bits per heavy atom. The Morgan fingerprint density at radius 3 is 0.742 bits per heavy atom. The first kappa shape index (κ1) is 40.1. The molecular weight excluding hydrogens is 797 g/mol. The van der Waals surface area contributed by atoms with Crippen molar-refractivity contribution in [2.45, 2.75) is 0 Å². The summed E-state index contributed by atoms with van der Waals surface area (Å²) in [7, 11) is 0. The fourth-order valence-electron chi connectivity index (χ4n) is 9.37. The predicted octanol–water partition coefficient (Wildman–Crippen LogP) is 18.3. The van der Waals surface area contributed by atoms with Crippen LogP contribution < -0.4 is 9.80 Å². The molecule has 0 fully saturated rings. The van der Waals surface area contributed by atoms with Crippen LogP contribution in [0, 0.1) is 0 Å². The van der Waals surface area contributed by atoms with E-state index in [1.54, 1.807) is 0 Å². The van der Waals surface area contributed by atoms with Crippen LogP contribution in [0.5, 0.6) is 0 Å². The molecule has 0 aliphatic heterocycles. The summed E-state index contributed by atoms with van der Waals surface area (Å²) in [6.07, 6.45) is 0. The standard InChI is InChI=1S/2C32H23N/c2*1-3-12-26(13-4-1)33(27-14-5-2-6-15-27)28-21-19-24(20-22-28)32-23-25-11-7-8-16-29(25)30-17-9-10-18-31(30)32/h2*1-23H. The normalized spacial score (nSPS) is 11.0. The number of anilines is 6. The van der Waals surface area contributed by atoms with Crippen LogP contribution >= 0.6 is 0 Å². The van der Waals surface area contributed by atoms with E-state index in [0.29, 0.717) is 0 Å². The minimum Gasteiger partial charge on any atom is -0.311 e. The fraction of sp³-hybridized carbons (Fsp3) is 0. The van der Waals surface area contributed by atoms with Crippen molar-refractivity contribution < 1.29 is 0 Å². The summed E-state index contributed by atoms with van der Waals surface area (Å²) in [5.74, 6) is 0. The Labute approximate surface area is 386 Å². The minimum atomic E-state index is 1.14. The maximum atomic E-state index is 2.32. The van der Waals surface area contributed by atoms with E-state index in [1.165, 1.54) is 65.3 Å². The molecule has 66 heavy (non-hydrogen) atoms. The summed E-state index contributed by atoms with van der Waals surface area (Å²) in [5.41, 5.74) is 11.8. The maximum absolute atomic E-state index is 2.32. The van der Waals surface area contributed by atoms with E-state index in [2.05, 4.69) is 289 Å². The van der Waals surface area contributed by atoms with E-state index in [9.17, 15) is 0 Å². The van der Waals surface area contributed by atoms with Gasteiger partial charge < -0.3 is 9.80 Å². The van der Waals surface area contributed by atoms with Crippen molar-refractivity contribution in [3.8, 4) is 22.3 Å². The van der Waals surface area contributed by atoms with Crippen LogP contribution in [0.15, 0.2) is 279 Å². The molecule has 2 nitrogen and oxygen atoms in total. The first-order chi connectivity index (χ1) is 32.8. The zero-order chi connectivity index (χ0) is 44.1. The molecule has 0 aliphatic carbocycles. The molecule has 0 saturated heterocycles. The Balaban J connectivity index is 0.000000146. The lowest BCUT2D eigenvalue weighted by molar-refractivity contribution is 1.28. The zero-order valence-electron chi connectivity index (χ0n) is 36.5. The van der Waals surface area contributed by atoms with Gasteiger partial charge in [-0.05, 0) is 150 Å². The number of rotatable bonds is 8. The quantitative estimate of drug-likeness (QED) is 0.141. The predicted molar refractivity (Wildman–Crippen MR) is 283 cm³/mol. The Kier molecular flexibility index (Phi) is 11.0. The molecule has 0 aliphatic rings. The molecule has 0 amide bonds. The molecule has 2 heteroatoms. The molecule has 0 N–H and O–H groups in total. The second kappa shape index (κ2) is 18.2. The summed E-state index contributed by atoms with van der Waals surface area (Å²) in [4.78, 5) is 4.59. The van der Waals surface area contributed by atoms with Crippen molar-refractivity contribution in [1.29, 1.82) is 0 Å². The molecule has 0 spiro atoms. The van der Waals surface area contributed by atoms with Crippen molar-refractivity contribution in [1.82, 2.24) is 0 Å². The lowest BCUT2D eigenvalue weighted by Gasteiger charge is -2.25. The second-order valence-corrected chi connectivity index (χ2v) is 16.5. The summed E-state index contributed by atoms with van der Waals surface area (Å²) >= 11 is 0. The molecule has 0 radical (unpaired) electrons. The maximum Gasteiger partial charge on any atom is 0.0462 e. The number of nitrogens with zero attached hydrogens (tertiary/aromatic N) is 2. The highest BCUT2D eigenvalue weighted by Crippen LogP contribution is 2.40. The van der Waals surface area contributed by atoms with Gasteiger partial charge >= 0.3 is 0 Å². The zero-order valence-corrected chi connectivity index (χ0v) is 36.5. The van der Waals surface area contributed by atoms with E-state index >= 15 is 0 Å². The van der Waals surface area contributed by atoms with Gasteiger partial charge in [-0.15, -0.1) is 0 Å². The van der Waals surface area contributed by atoms with E-state index in [1.807, 2.05) is 0 Å². The van der Waals surface area contributed by atoms with Gasteiger partial charge in [-0.3, -0.25) is 0 Å². The molecule has 0 aromatic heterocycles. The number of para-hydroxylation sites is 4. The van der Waals surface area contributed by atoms with Crippen LogP contribution in [0.25, 0.3) is 65.3 Å². The Hall–Kier alpha value is -8.72. The van der Waals surface area contributed by atoms with Gasteiger partial charge in [0.1, 0.15) is 0 Å². The highest BCUT2D eigenvalue weighted by Gasteiger charge is 2.15. The van der Waals surface area contributed by atoms with Crippen molar-refractivity contribution in [2.24, 2.45) is 0 Å². The van der Waals surface area contributed by atoms with Crippen LogP contribution in [-0.4, -0.2) is 0 Å². The number of hydrogen-bond donors (Lipinski definition) is 0. The molecular formula is C64H46N2. The van der Waals surface area contributed by atoms with E-state index in [-0.39, 0.29) is 0 Å².